The van der Waals surface area contributed by atoms with Crippen molar-refractivity contribution in [3.05, 3.63) is 90.5 Å². The van der Waals surface area contributed by atoms with Gasteiger partial charge in [0, 0.05) is 33.9 Å². The Hall–Kier alpha value is -2.93. The quantitative estimate of drug-likeness (QED) is 0.434. The van der Waals surface area contributed by atoms with Crippen LogP contribution >= 0.6 is 11.8 Å². The Balaban J connectivity index is 1.62. The number of fused-ring (bicyclic) bond motifs is 3. The molecule has 170 valence electrons. The summed E-state index contributed by atoms with van der Waals surface area (Å²) in [5, 5.41) is 2.52. The van der Waals surface area contributed by atoms with Gasteiger partial charge in [0.1, 0.15) is 5.66 Å². The van der Waals surface area contributed by atoms with Gasteiger partial charge in [-0.2, -0.15) is 13.2 Å². The molecule has 0 bridgehead atoms. The molecule has 5 rings (SSSR count). The molecule has 1 amide bonds. The number of rotatable bonds is 5. The van der Waals surface area contributed by atoms with Crippen molar-refractivity contribution in [2.75, 3.05) is 10.7 Å². The molecular weight excluding hydrogens is 445 g/mol. The lowest BCUT2D eigenvalue weighted by atomic mass is 9.87. The highest BCUT2D eigenvalue weighted by molar-refractivity contribution is 7.99. The monoisotopic (exact) mass is 468 g/mol. The van der Waals surface area contributed by atoms with Crippen LogP contribution in [0.3, 0.4) is 0 Å². The first-order valence-electron chi connectivity index (χ1n) is 10.9. The highest BCUT2D eigenvalue weighted by Gasteiger charge is 2.62. The van der Waals surface area contributed by atoms with E-state index in [-0.39, 0.29) is 11.8 Å². The number of hydrogen-bond donors (Lipinski definition) is 1. The number of para-hydroxylation sites is 2. The lowest BCUT2D eigenvalue weighted by Crippen LogP contribution is -2.64. The van der Waals surface area contributed by atoms with Crippen molar-refractivity contribution >= 4 is 29.0 Å². The van der Waals surface area contributed by atoms with E-state index in [0.717, 1.165) is 28.3 Å². The van der Waals surface area contributed by atoms with Gasteiger partial charge in [-0.15, -0.1) is 11.8 Å². The van der Waals surface area contributed by atoms with Crippen LogP contribution in [0.15, 0.2) is 89.8 Å². The smallest absolute Gasteiger partial charge is 0.324 e. The second kappa shape index (κ2) is 8.45. The predicted molar refractivity (Wildman–Crippen MR) is 125 cm³/mol. The molecule has 1 N–H and O–H groups in total. The van der Waals surface area contributed by atoms with Crippen molar-refractivity contribution in [3.63, 3.8) is 0 Å². The van der Waals surface area contributed by atoms with Crippen LogP contribution in [0.25, 0.3) is 0 Å². The van der Waals surface area contributed by atoms with Gasteiger partial charge in [-0.25, -0.2) is 0 Å². The van der Waals surface area contributed by atoms with E-state index in [1.165, 1.54) is 0 Å². The van der Waals surface area contributed by atoms with Crippen molar-refractivity contribution in [1.82, 2.24) is 5.32 Å². The van der Waals surface area contributed by atoms with Gasteiger partial charge in [-0.05, 0) is 48.7 Å². The molecule has 1 heterocycles. The number of alkyl halides is 3. The molecule has 0 unspecified atom stereocenters. The third kappa shape index (κ3) is 3.78. The number of benzene rings is 3. The molecule has 1 aliphatic carbocycles. The zero-order valence-corrected chi connectivity index (χ0v) is 18.6. The summed E-state index contributed by atoms with van der Waals surface area (Å²) in [6, 6.07) is 26.9. The molecule has 0 spiro atoms. The maximum atomic E-state index is 13.6. The van der Waals surface area contributed by atoms with Crippen molar-refractivity contribution in [1.29, 1.82) is 0 Å². The highest BCUT2D eigenvalue weighted by Crippen LogP contribution is 2.60. The van der Waals surface area contributed by atoms with E-state index in [2.05, 4.69) is 5.32 Å². The van der Waals surface area contributed by atoms with Gasteiger partial charge in [0.05, 0.1) is 0 Å². The summed E-state index contributed by atoms with van der Waals surface area (Å²) >= 11 is 1.62. The molecule has 7 heteroatoms. The van der Waals surface area contributed by atoms with Gasteiger partial charge in [-0.3, -0.25) is 4.79 Å². The van der Waals surface area contributed by atoms with Crippen molar-refractivity contribution < 1.29 is 18.0 Å². The first kappa shape index (κ1) is 21.9. The van der Waals surface area contributed by atoms with Gasteiger partial charge in [0.15, 0.2) is 0 Å². The standard InChI is InChI=1S/C26H23F3N2OS/c27-26(28,29)24(32)30-25-18(17-33-20-11-5-2-6-12-20)15-16-22(25)21-13-7-8-14-23(21)31(25)19-9-3-1-4-10-19/h1-14,18,22H,15-17H2,(H,30,32)/t18-,22-,25-/m0/s1. The minimum absolute atomic E-state index is 0.188. The molecule has 3 aromatic rings. The SMILES string of the molecule is O=C(N[C@]12[C@H](CSc3ccccc3)CC[C@H]1c1ccccc1N2c1ccccc1)C(F)(F)F. The zero-order chi connectivity index (χ0) is 23.1. The summed E-state index contributed by atoms with van der Waals surface area (Å²) in [5.74, 6) is -1.72. The summed E-state index contributed by atoms with van der Waals surface area (Å²) in [7, 11) is 0. The molecule has 1 saturated carbocycles. The fourth-order valence-corrected chi connectivity index (χ4v) is 6.52. The minimum atomic E-state index is -4.96. The summed E-state index contributed by atoms with van der Waals surface area (Å²) in [6.45, 7) is 0. The maximum absolute atomic E-state index is 13.6. The van der Waals surface area contributed by atoms with E-state index in [1.807, 2.05) is 89.8 Å². The molecule has 0 radical (unpaired) electrons. The Morgan fingerprint density at radius 1 is 0.939 bits per heavy atom. The van der Waals surface area contributed by atoms with Crippen LogP contribution in [0.5, 0.6) is 0 Å². The summed E-state index contributed by atoms with van der Waals surface area (Å²) in [4.78, 5) is 15.4. The van der Waals surface area contributed by atoms with E-state index in [9.17, 15) is 18.0 Å². The number of hydrogen-bond acceptors (Lipinski definition) is 3. The average molecular weight is 469 g/mol. The minimum Gasteiger partial charge on any atom is -0.324 e. The molecule has 1 aliphatic heterocycles. The number of thioether (sulfide) groups is 1. The topological polar surface area (TPSA) is 32.3 Å². The molecule has 33 heavy (non-hydrogen) atoms. The summed E-state index contributed by atoms with van der Waals surface area (Å²) < 4.78 is 40.7. The molecule has 3 aromatic carbocycles. The number of amides is 1. The molecule has 3 nitrogen and oxygen atoms in total. The number of carbonyl (C=O) groups is 1. The van der Waals surface area contributed by atoms with E-state index in [0.29, 0.717) is 12.2 Å². The Labute approximate surface area is 195 Å². The number of halogens is 3. The predicted octanol–water partition coefficient (Wildman–Crippen LogP) is 6.50. The number of anilines is 2. The van der Waals surface area contributed by atoms with Gasteiger partial charge in [0.2, 0.25) is 0 Å². The zero-order valence-electron chi connectivity index (χ0n) is 17.8. The second-order valence-corrected chi connectivity index (χ2v) is 9.55. The van der Waals surface area contributed by atoms with Gasteiger partial charge in [-0.1, -0.05) is 54.6 Å². The van der Waals surface area contributed by atoms with Crippen molar-refractivity contribution in [2.45, 2.75) is 35.5 Å². The van der Waals surface area contributed by atoms with Crippen LogP contribution in [0, 0.1) is 5.92 Å². The summed E-state index contributed by atoms with van der Waals surface area (Å²) in [6.07, 6.45) is -3.53. The number of nitrogens with zero attached hydrogens (tertiary/aromatic N) is 1. The molecular formula is C26H23F3N2OS. The van der Waals surface area contributed by atoms with Gasteiger partial charge >= 0.3 is 12.1 Å². The van der Waals surface area contributed by atoms with Crippen LogP contribution in [0.4, 0.5) is 24.5 Å². The second-order valence-electron chi connectivity index (χ2n) is 8.46. The maximum Gasteiger partial charge on any atom is 0.471 e. The molecule has 3 atom stereocenters. The molecule has 2 aliphatic rings. The van der Waals surface area contributed by atoms with Gasteiger partial charge < -0.3 is 10.2 Å². The fraction of sp³-hybridized carbons (Fsp3) is 0.269. The first-order chi connectivity index (χ1) is 15.9. The number of carbonyl (C=O) groups excluding carboxylic acids is 1. The van der Waals surface area contributed by atoms with Crippen LogP contribution in [0.2, 0.25) is 0 Å². The average Bonchev–Trinajstić information content (AvgIpc) is 3.30. The van der Waals surface area contributed by atoms with Crippen molar-refractivity contribution in [2.24, 2.45) is 5.92 Å². The largest absolute Gasteiger partial charge is 0.471 e. The number of nitrogens with one attached hydrogen (secondary N) is 1. The summed E-state index contributed by atoms with van der Waals surface area (Å²) in [5.41, 5.74) is 1.41. The molecule has 0 aromatic heterocycles. The molecule has 1 fully saturated rings. The lowest BCUT2D eigenvalue weighted by molar-refractivity contribution is -0.176. The third-order valence-electron chi connectivity index (χ3n) is 6.66. The van der Waals surface area contributed by atoms with E-state index in [4.69, 9.17) is 0 Å². The van der Waals surface area contributed by atoms with Crippen LogP contribution in [-0.4, -0.2) is 23.5 Å². The lowest BCUT2D eigenvalue weighted by Gasteiger charge is -2.45. The van der Waals surface area contributed by atoms with E-state index >= 15 is 0 Å². The normalized spacial score (nSPS) is 23.8. The Morgan fingerprint density at radius 2 is 1.58 bits per heavy atom. The van der Waals surface area contributed by atoms with Crippen LogP contribution in [-0.2, 0) is 4.79 Å². The van der Waals surface area contributed by atoms with Gasteiger partial charge in [0.25, 0.3) is 0 Å². The Morgan fingerprint density at radius 3 is 2.27 bits per heavy atom. The van der Waals surface area contributed by atoms with E-state index < -0.39 is 17.7 Å². The highest BCUT2D eigenvalue weighted by atomic mass is 32.2. The van der Waals surface area contributed by atoms with E-state index in [1.54, 1.807) is 11.8 Å². The van der Waals surface area contributed by atoms with Crippen molar-refractivity contribution in [3.8, 4) is 0 Å². The Kier molecular flexibility index (Phi) is 5.60. The third-order valence-corrected chi connectivity index (χ3v) is 7.84. The molecule has 0 saturated heterocycles. The van der Waals surface area contributed by atoms with Crippen LogP contribution < -0.4 is 10.2 Å². The fourth-order valence-electron chi connectivity index (χ4n) is 5.36. The Bertz CT molecular complexity index is 1140. The first-order valence-corrected chi connectivity index (χ1v) is 11.9. The van der Waals surface area contributed by atoms with Crippen LogP contribution in [0.1, 0.15) is 24.3 Å².